The highest BCUT2D eigenvalue weighted by Gasteiger charge is 2.40. The van der Waals surface area contributed by atoms with E-state index in [1.807, 2.05) is 12.1 Å². The SMILES string of the molecule is NC[C@H]1CCC[C@H]1C(=O)NC1(c2ccc(Cl)cc2)CCCC1. The Balaban J connectivity index is 1.79. The smallest absolute Gasteiger partial charge is 0.224 e. The normalized spacial score (nSPS) is 27.0. The number of hydrogen-bond acceptors (Lipinski definition) is 2. The lowest BCUT2D eigenvalue weighted by Gasteiger charge is -2.33. The molecule has 1 aromatic rings. The maximum absolute atomic E-state index is 12.8. The number of carbonyl (C=O) groups excluding carboxylic acids is 1. The van der Waals surface area contributed by atoms with Gasteiger partial charge in [-0.15, -0.1) is 0 Å². The van der Waals surface area contributed by atoms with E-state index in [2.05, 4.69) is 17.4 Å². The molecule has 2 atom stereocenters. The standard InChI is InChI=1S/C18H25ClN2O/c19-15-8-6-14(7-9-15)18(10-1-2-11-18)21-17(22)16-5-3-4-13(16)12-20/h6-9,13,16H,1-5,10-12,20H2,(H,21,22)/t13-,16-/m1/s1. The minimum absolute atomic E-state index is 0.0924. The summed E-state index contributed by atoms with van der Waals surface area (Å²) < 4.78 is 0. The molecule has 0 bridgehead atoms. The van der Waals surface area contributed by atoms with Crippen molar-refractivity contribution in [2.45, 2.75) is 50.5 Å². The van der Waals surface area contributed by atoms with Gasteiger partial charge in [-0.2, -0.15) is 0 Å². The van der Waals surface area contributed by atoms with Gasteiger partial charge in [-0.05, 0) is 55.8 Å². The van der Waals surface area contributed by atoms with Crippen molar-refractivity contribution in [1.82, 2.24) is 5.32 Å². The quantitative estimate of drug-likeness (QED) is 0.890. The molecule has 2 fully saturated rings. The van der Waals surface area contributed by atoms with Crippen LogP contribution in [0.1, 0.15) is 50.5 Å². The van der Waals surface area contributed by atoms with Gasteiger partial charge in [0.2, 0.25) is 5.91 Å². The highest BCUT2D eigenvalue weighted by Crippen LogP contribution is 2.40. The van der Waals surface area contributed by atoms with Crippen LogP contribution in [0.3, 0.4) is 0 Å². The van der Waals surface area contributed by atoms with Crippen LogP contribution in [0, 0.1) is 11.8 Å². The third-order valence-electron chi connectivity index (χ3n) is 5.51. The van der Waals surface area contributed by atoms with Crippen LogP contribution < -0.4 is 11.1 Å². The van der Waals surface area contributed by atoms with Gasteiger partial charge < -0.3 is 11.1 Å². The fraction of sp³-hybridized carbons (Fsp3) is 0.611. The lowest BCUT2D eigenvalue weighted by Crippen LogP contribution is -2.47. The van der Waals surface area contributed by atoms with Gasteiger partial charge in [0.05, 0.1) is 5.54 Å². The van der Waals surface area contributed by atoms with Crippen molar-refractivity contribution in [3.8, 4) is 0 Å². The topological polar surface area (TPSA) is 55.1 Å². The first-order valence-corrected chi connectivity index (χ1v) is 8.80. The molecule has 2 aliphatic rings. The van der Waals surface area contributed by atoms with E-state index in [9.17, 15) is 4.79 Å². The summed E-state index contributed by atoms with van der Waals surface area (Å²) in [5.74, 6) is 0.642. The molecule has 2 saturated carbocycles. The third-order valence-corrected chi connectivity index (χ3v) is 5.77. The van der Waals surface area contributed by atoms with Gasteiger partial charge in [0.15, 0.2) is 0 Å². The van der Waals surface area contributed by atoms with Crippen molar-refractivity contribution in [3.63, 3.8) is 0 Å². The molecule has 1 amide bonds. The van der Waals surface area contributed by atoms with Gasteiger partial charge >= 0.3 is 0 Å². The predicted octanol–water partition coefficient (Wildman–Crippen LogP) is 3.60. The number of amides is 1. The minimum Gasteiger partial charge on any atom is -0.346 e. The second-order valence-corrected chi connectivity index (χ2v) is 7.25. The predicted molar refractivity (Wildman–Crippen MR) is 89.6 cm³/mol. The Bertz CT molecular complexity index is 522. The first-order valence-electron chi connectivity index (χ1n) is 8.43. The van der Waals surface area contributed by atoms with Gasteiger partial charge in [0, 0.05) is 10.9 Å². The average Bonchev–Trinajstić information content (AvgIpc) is 3.17. The zero-order valence-corrected chi connectivity index (χ0v) is 13.7. The number of nitrogens with two attached hydrogens (primary N) is 1. The average molecular weight is 321 g/mol. The fourth-order valence-corrected chi connectivity index (χ4v) is 4.35. The molecule has 1 aromatic carbocycles. The van der Waals surface area contributed by atoms with Crippen LogP contribution in [0.2, 0.25) is 5.02 Å². The van der Waals surface area contributed by atoms with Crippen molar-refractivity contribution in [2.24, 2.45) is 17.6 Å². The van der Waals surface area contributed by atoms with Gasteiger partial charge in [0.1, 0.15) is 0 Å². The Morgan fingerprint density at radius 2 is 1.86 bits per heavy atom. The van der Waals surface area contributed by atoms with Crippen LogP contribution in [-0.2, 0) is 10.3 Å². The summed E-state index contributed by atoms with van der Waals surface area (Å²) in [6.07, 6.45) is 7.53. The monoisotopic (exact) mass is 320 g/mol. The molecule has 0 spiro atoms. The highest BCUT2D eigenvalue weighted by molar-refractivity contribution is 6.30. The van der Waals surface area contributed by atoms with Crippen molar-refractivity contribution >= 4 is 17.5 Å². The molecule has 120 valence electrons. The molecule has 2 aliphatic carbocycles. The van der Waals surface area contributed by atoms with E-state index in [1.54, 1.807) is 0 Å². The summed E-state index contributed by atoms with van der Waals surface area (Å²) in [6, 6.07) is 7.95. The number of benzene rings is 1. The fourth-order valence-electron chi connectivity index (χ4n) is 4.23. The summed E-state index contributed by atoms with van der Waals surface area (Å²) in [5.41, 5.74) is 6.82. The Morgan fingerprint density at radius 3 is 2.50 bits per heavy atom. The van der Waals surface area contributed by atoms with Crippen LogP contribution >= 0.6 is 11.6 Å². The summed E-state index contributed by atoms with van der Waals surface area (Å²) in [7, 11) is 0. The number of nitrogens with one attached hydrogen (secondary N) is 1. The molecule has 3 nitrogen and oxygen atoms in total. The minimum atomic E-state index is -0.205. The van der Waals surface area contributed by atoms with Gasteiger partial charge in [0.25, 0.3) is 0 Å². The molecule has 0 heterocycles. The lowest BCUT2D eigenvalue weighted by atomic mass is 9.86. The molecular weight excluding hydrogens is 296 g/mol. The summed E-state index contributed by atoms with van der Waals surface area (Å²) in [6.45, 7) is 0.617. The molecule has 0 saturated heterocycles. The molecule has 0 aromatic heterocycles. The second-order valence-electron chi connectivity index (χ2n) is 6.82. The first-order chi connectivity index (χ1) is 10.6. The number of carbonyl (C=O) groups is 1. The Morgan fingerprint density at radius 1 is 1.18 bits per heavy atom. The lowest BCUT2D eigenvalue weighted by molar-refractivity contribution is -0.128. The Kier molecular flexibility index (Phi) is 4.74. The summed E-state index contributed by atoms with van der Waals surface area (Å²) in [5, 5.41) is 4.13. The van der Waals surface area contributed by atoms with Crippen molar-refractivity contribution in [3.05, 3.63) is 34.9 Å². The molecule has 0 unspecified atom stereocenters. The van der Waals surface area contributed by atoms with Gasteiger partial charge in [-0.1, -0.05) is 43.0 Å². The second kappa shape index (κ2) is 6.59. The van der Waals surface area contributed by atoms with E-state index < -0.39 is 0 Å². The van der Waals surface area contributed by atoms with E-state index in [0.717, 1.165) is 50.0 Å². The van der Waals surface area contributed by atoms with Crippen LogP contribution in [0.4, 0.5) is 0 Å². The third kappa shape index (κ3) is 3.02. The number of hydrogen-bond donors (Lipinski definition) is 2. The van der Waals surface area contributed by atoms with Gasteiger partial charge in [-0.25, -0.2) is 0 Å². The van der Waals surface area contributed by atoms with Crippen LogP contribution in [-0.4, -0.2) is 12.5 Å². The zero-order chi connectivity index (χ0) is 15.6. The van der Waals surface area contributed by atoms with E-state index >= 15 is 0 Å². The molecule has 4 heteroatoms. The molecule has 3 N–H and O–H groups in total. The summed E-state index contributed by atoms with van der Waals surface area (Å²) >= 11 is 6.01. The number of halogens is 1. The van der Waals surface area contributed by atoms with Crippen molar-refractivity contribution in [2.75, 3.05) is 6.54 Å². The highest BCUT2D eigenvalue weighted by atomic mass is 35.5. The van der Waals surface area contributed by atoms with E-state index in [0.29, 0.717) is 12.5 Å². The Hall–Kier alpha value is -1.06. The van der Waals surface area contributed by atoms with E-state index in [4.69, 9.17) is 17.3 Å². The Labute approximate surface area is 137 Å². The van der Waals surface area contributed by atoms with Crippen molar-refractivity contribution < 1.29 is 4.79 Å². The zero-order valence-electron chi connectivity index (χ0n) is 13.0. The van der Waals surface area contributed by atoms with Crippen molar-refractivity contribution in [1.29, 1.82) is 0 Å². The maximum Gasteiger partial charge on any atom is 0.224 e. The number of rotatable bonds is 4. The van der Waals surface area contributed by atoms with Crippen LogP contribution in [0.15, 0.2) is 24.3 Å². The molecule has 0 aliphatic heterocycles. The molecule has 22 heavy (non-hydrogen) atoms. The van der Waals surface area contributed by atoms with E-state index in [1.165, 1.54) is 5.56 Å². The molecule has 3 rings (SSSR count). The molecular formula is C18H25ClN2O. The van der Waals surface area contributed by atoms with Crippen LogP contribution in [0.25, 0.3) is 0 Å². The van der Waals surface area contributed by atoms with Crippen LogP contribution in [0.5, 0.6) is 0 Å². The van der Waals surface area contributed by atoms with Gasteiger partial charge in [-0.3, -0.25) is 4.79 Å². The first kappa shape index (κ1) is 15.8. The van der Waals surface area contributed by atoms with E-state index in [-0.39, 0.29) is 17.4 Å². The largest absolute Gasteiger partial charge is 0.346 e. The summed E-state index contributed by atoms with van der Waals surface area (Å²) in [4.78, 5) is 12.8. The maximum atomic E-state index is 12.8. The molecule has 0 radical (unpaired) electrons.